The van der Waals surface area contributed by atoms with Crippen LogP contribution in [0.15, 0.2) is 28.9 Å². The molecule has 4 nitrogen and oxygen atoms in total. The van der Waals surface area contributed by atoms with Crippen LogP contribution in [0.4, 0.5) is 4.39 Å². The summed E-state index contributed by atoms with van der Waals surface area (Å²) in [6.45, 7) is 1.62. The van der Waals surface area contributed by atoms with E-state index in [2.05, 4.69) is 25.9 Å². The standard InChI is InChI=1S/C12H8BrFN2O2/c1-6-5-15-11(16-10(6)12(17)18)8-3-2-7(14)4-9(8)13/h2-5H,1H3,(H,17,18). The number of carbonyl (C=O) groups is 1. The van der Waals surface area contributed by atoms with Gasteiger partial charge in [0.1, 0.15) is 5.82 Å². The lowest BCUT2D eigenvalue weighted by Crippen LogP contribution is -2.06. The molecule has 2 rings (SSSR count). The molecule has 0 unspecified atom stereocenters. The molecule has 0 aliphatic heterocycles. The van der Waals surface area contributed by atoms with Crippen LogP contribution in [0.3, 0.4) is 0 Å². The van der Waals surface area contributed by atoms with Crippen molar-refractivity contribution < 1.29 is 14.3 Å². The van der Waals surface area contributed by atoms with Crippen molar-refractivity contribution in [2.45, 2.75) is 6.92 Å². The number of carboxylic acids is 1. The molecule has 0 atom stereocenters. The first kappa shape index (κ1) is 12.6. The molecule has 0 amide bonds. The zero-order valence-electron chi connectivity index (χ0n) is 9.32. The Bertz CT molecular complexity index is 631. The van der Waals surface area contributed by atoms with Crippen molar-refractivity contribution in [1.29, 1.82) is 0 Å². The Balaban J connectivity index is 2.58. The van der Waals surface area contributed by atoms with Crippen molar-refractivity contribution in [1.82, 2.24) is 9.97 Å². The summed E-state index contributed by atoms with van der Waals surface area (Å²) in [6.07, 6.45) is 1.43. The van der Waals surface area contributed by atoms with Crippen LogP contribution in [-0.2, 0) is 0 Å². The van der Waals surface area contributed by atoms with E-state index in [1.54, 1.807) is 6.92 Å². The minimum Gasteiger partial charge on any atom is -0.477 e. The zero-order valence-corrected chi connectivity index (χ0v) is 10.9. The van der Waals surface area contributed by atoms with E-state index in [9.17, 15) is 9.18 Å². The molecule has 1 aromatic carbocycles. The molecule has 0 aliphatic carbocycles. The fraction of sp³-hybridized carbons (Fsp3) is 0.0833. The molecule has 0 radical (unpaired) electrons. The fourth-order valence-corrected chi connectivity index (χ4v) is 1.99. The number of hydrogen-bond acceptors (Lipinski definition) is 3. The summed E-state index contributed by atoms with van der Waals surface area (Å²) in [5.74, 6) is -1.27. The number of rotatable bonds is 2. The van der Waals surface area contributed by atoms with E-state index in [-0.39, 0.29) is 11.5 Å². The first-order valence-electron chi connectivity index (χ1n) is 5.01. The molecular formula is C12H8BrFN2O2. The van der Waals surface area contributed by atoms with Gasteiger partial charge in [-0.2, -0.15) is 0 Å². The van der Waals surface area contributed by atoms with E-state index < -0.39 is 11.8 Å². The highest BCUT2D eigenvalue weighted by Gasteiger charge is 2.13. The van der Waals surface area contributed by atoms with Gasteiger partial charge >= 0.3 is 5.97 Å². The number of nitrogens with zero attached hydrogens (tertiary/aromatic N) is 2. The zero-order chi connectivity index (χ0) is 13.3. The van der Waals surface area contributed by atoms with Gasteiger partial charge in [-0.25, -0.2) is 19.2 Å². The second-order valence-electron chi connectivity index (χ2n) is 3.65. The van der Waals surface area contributed by atoms with Gasteiger partial charge in [0.25, 0.3) is 0 Å². The molecule has 1 heterocycles. The maximum atomic E-state index is 13.0. The quantitative estimate of drug-likeness (QED) is 0.926. The SMILES string of the molecule is Cc1cnc(-c2ccc(F)cc2Br)nc1C(=O)O. The van der Waals surface area contributed by atoms with E-state index >= 15 is 0 Å². The molecule has 1 aromatic heterocycles. The normalized spacial score (nSPS) is 10.4. The summed E-state index contributed by atoms with van der Waals surface area (Å²) < 4.78 is 13.4. The van der Waals surface area contributed by atoms with E-state index in [4.69, 9.17) is 5.11 Å². The van der Waals surface area contributed by atoms with Crippen LogP contribution in [-0.4, -0.2) is 21.0 Å². The number of aryl methyl sites for hydroxylation is 1. The Labute approximate surface area is 111 Å². The number of benzene rings is 1. The molecule has 18 heavy (non-hydrogen) atoms. The first-order valence-corrected chi connectivity index (χ1v) is 5.80. The second kappa shape index (κ2) is 4.81. The molecule has 92 valence electrons. The molecule has 0 spiro atoms. The molecule has 6 heteroatoms. The lowest BCUT2D eigenvalue weighted by atomic mass is 10.2. The van der Waals surface area contributed by atoms with Gasteiger partial charge in [0.05, 0.1) is 0 Å². The lowest BCUT2D eigenvalue weighted by Gasteiger charge is -2.05. The van der Waals surface area contributed by atoms with Crippen LogP contribution >= 0.6 is 15.9 Å². The Kier molecular flexibility index (Phi) is 3.38. The first-order chi connectivity index (χ1) is 8.49. The summed E-state index contributed by atoms with van der Waals surface area (Å²) in [7, 11) is 0. The highest BCUT2D eigenvalue weighted by Crippen LogP contribution is 2.26. The van der Waals surface area contributed by atoms with Gasteiger partial charge in [-0.05, 0) is 41.1 Å². The smallest absolute Gasteiger partial charge is 0.354 e. The van der Waals surface area contributed by atoms with Crippen molar-refractivity contribution in [2.75, 3.05) is 0 Å². The van der Waals surface area contributed by atoms with Gasteiger partial charge in [-0.1, -0.05) is 0 Å². The van der Waals surface area contributed by atoms with Crippen LogP contribution in [0.2, 0.25) is 0 Å². The van der Waals surface area contributed by atoms with Gasteiger partial charge in [0, 0.05) is 21.8 Å². The monoisotopic (exact) mass is 310 g/mol. The summed E-state index contributed by atoms with van der Waals surface area (Å²) in [5.41, 5.74) is 0.958. The third-order valence-electron chi connectivity index (χ3n) is 2.35. The predicted octanol–water partition coefficient (Wildman–Crippen LogP) is 3.05. The molecule has 2 aromatic rings. The highest BCUT2D eigenvalue weighted by atomic mass is 79.9. The lowest BCUT2D eigenvalue weighted by molar-refractivity contribution is 0.0689. The molecule has 0 saturated heterocycles. The topological polar surface area (TPSA) is 63.1 Å². The van der Waals surface area contributed by atoms with E-state index in [1.807, 2.05) is 0 Å². The predicted molar refractivity (Wildman–Crippen MR) is 66.8 cm³/mol. The second-order valence-corrected chi connectivity index (χ2v) is 4.51. The average Bonchev–Trinajstić information content (AvgIpc) is 2.30. The van der Waals surface area contributed by atoms with Gasteiger partial charge in [-0.15, -0.1) is 0 Å². The van der Waals surface area contributed by atoms with E-state index in [0.29, 0.717) is 15.6 Å². The Morgan fingerprint density at radius 2 is 2.17 bits per heavy atom. The molecular weight excluding hydrogens is 303 g/mol. The largest absolute Gasteiger partial charge is 0.477 e. The molecule has 0 saturated carbocycles. The van der Waals surface area contributed by atoms with Crippen LogP contribution in [0.5, 0.6) is 0 Å². The Hall–Kier alpha value is -1.82. The number of aromatic nitrogens is 2. The van der Waals surface area contributed by atoms with Crippen LogP contribution in [0.1, 0.15) is 16.1 Å². The van der Waals surface area contributed by atoms with Crippen molar-refractivity contribution >= 4 is 21.9 Å². The molecule has 0 fully saturated rings. The Morgan fingerprint density at radius 1 is 1.44 bits per heavy atom. The third kappa shape index (κ3) is 2.38. The summed E-state index contributed by atoms with van der Waals surface area (Å²) >= 11 is 3.20. The van der Waals surface area contributed by atoms with Crippen molar-refractivity contribution in [3.63, 3.8) is 0 Å². The molecule has 0 bridgehead atoms. The number of hydrogen-bond donors (Lipinski definition) is 1. The van der Waals surface area contributed by atoms with Crippen LogP contribution in [0.25, 0.3) is 11.4 Å². The maximum Gasteiger partial charge on any atom is 0.354 e. The number of halogens is 2. The minimum absolute atomic E-state index is 0.0591. The van der Waals surface area contributed by atoms with Crippen molar-refractivity contribution in [2.24, 2.45) is 0 Å². The fourth-order valence-electron chi connectivity index (χ4n) is 1.46. The molecule has 1 N–H and O–H groups in total. The summed E-state index contributed by atoms with van der Waals surface area (Å²) in [6, 6.07) is 4.04. The van der Waals surface area contributed by atoms with Gasteiger partial charge < -0.3 is 5.11 Å². The Morgan fingerprint density at radius 3 is 2.78 bits per heavy atom. The summed E-state index contributed by atoms with van der Waals surface area (Å²) in [5, 5.41) is 8.99. The average molecular weight is 311 g/mol. The van der Waals surface area contributed by atoms with Gasteiger partial charge in [-0.3, -0.25) is 0 Å². The number of carboxylic acid groups (broad SMARTS) is 1. The highest BCUT2D eigenvalue weighted by molar-refractivity contribution is 9.10. The van der Waals surface area contributed by atoms with Crippen molar-refractivity contribution in [3.05, 3.63) is 45.9 Å². The van der Waals surface area contributed by atoms with Gasteiger partial charge in [0.15, 0.2) is 11.5 Å². The number of aromatic carboxylic acids is 1. The molecule has 0 aliphatic rings. The summed E-state index contributed by atoms with van der Waals surface area (Å²) in [4.78, 5) is 19.0. The van der Waals surface area contributed by atoms with E-state index in [1.165, 1.54) is 24.4 Å². The van der Waals surface area contributed by atoms with Crippen molar-refractivity contribution in [3.8, 4) is 11.4 Å². The minimum atomic E-state index is -1.12. The van der Waals surface area contributed by atoms with Crippen LogP contribution < -0.4 is 0 Å². The third-order valence-corrected chi connectivity index (χ3v) is 3.00. The maximum absolute atomic E-state index is 13.0. The van der Waals surface area contributed by atoms with Crippen LogP contribution in [0, 0.1) is 12.7 Å². The van der Waals surface area contributed by atoms with Gasteiger partial charge in [0.2, 0.25) is 0 Å². The van der Waals surface area contributed by atoms with E-state index in [0.717, 1.165) is 0 Å².